The van der Waals surface area contributed by atoms with Gasteiger partial charge in [-0.1, -0.05) is 6.07 Å². The first-order valence-electron chi connectivity index (χ1n) is 11.1. The maximum absolute atomic E-state index is 13.0. The van der Waals surface area contributed by atoms with Gasteiger partial charge in [-0.15, -0.1) is 0 Å². The minimum absolute atomic E-state index is 0.0188. The third kappa shape index (κ3) is 7.35. The SMILES string of the molecule is COC(=O)COc1ccc(C(=O)N[C@H]2CN(C(=O)Nc3cccc(C(F)(F)F)c3)CCC[C@H]2O)cc1. The predicted molar refractivity (Wildman–Crippen MR) is 122 cm³/mol. The van der Waals surface area contributed by atoms with Gasteiger partial charge in [0.2, 0.25) is 0 Å². The molecule has 1 aliphatic heterocycles. The molecule has 0 aliphatic carbocycles. The Kier molecular flexibility index (Phi) is 8.75. The van der Waals surface area contributed by atoms with Gasteiger partial charge in [0.1, 0.15) is 5.75 Å². The first-order valence-corrected chi connectivity index (χ1v) is 11.1. The molecule has 2 aromatic carbocycles. The zero-order valence-corrected chi connectivity index (χ0v) is 19.4. The first kappa shape index (κ1) is 26.8. The number of likely N-dealkylation sites (tertiary alicyclic amines) is 1. The summed E-state index contributed by atoms with van der Waals surface area (Å²) in [5.74, 6) is -0.705. The highest BCUT2D eigenvalue weighted by Gasteiger charge is 2.32. The summed E-state index contributed by atoms with van der Waals surface area (Å²) in [7, 11) is 1.23. The largest absolute Gasteiger partial charge is 0.482 e. The second-order valence-electron chi connectivity index (χ2n) is 8.13. The molecular formula is C24H26F3N3O6. The Morgan fingerprint density at radius 3 is 2.53 bits per heavy atom. The molecule has 9 nitrogen and oxygen atoms in total. The predicted octanol–water partition coefficient (Wildman–Crippen LogP) is 3.04. The highest BCUT2D eigenvalue weighted by molar-refractivity contribution is 5.94. The average Bonchev–Trinajstić information content (AvgIpc) is 3.03. The molecule has 0 spiro atoms. The average molecular weight is 509 g/mol. The van der Waals surface area contributed by atoms with Crippen LogP contribution in [0.3, 0.4) is 0 Å². The van der Waals surface area contributed by atoms with E-state index in [1.54, 1.807) is 0 Å². The van der Waals surface area contributed by atoms with E-state index in [1.807, 2.05) is 0 Å². The molecule has 0 saturated carbocycles. The van der Waals surface area contributed by atoms with Crippen LogP contribution in [0.15, 0.2) is 48.5 Å². The monoisotopic (exact) mass is 509 g/mol. The minimum Gasteiger partial charge on any atom is -0.482 e. The maximum Gasteiger partial charge on any atom is 0.416 e. The number of halogens is 3. The lowest BCUT2D eigenvalue weighted by atomic mass is 10.1. The van der Waals surface area contributed by atoms with Crippen molar-refractivity contribution in [3.05, 3.63) is 59.7 Å². The molecule has 0 aromatic heterocycles. The van der Waals surface area contributed by atoms with Crippen LogP contribution in [0.1, 0.15) is 28.8 Å². The summed E-state index contributed by atoms with van der Waals surface area (Å²) < 4.78 is 48.6. The number of carbonyl (C=O) groups is 3. The van der Waals surface area contributed by atoms with Crippen LogP contribution in [0, 0.1) is 0 Å². The molecular weight excluding hydrogens is 483 g/mol. The van der Waals surface area contributed by atoms with Crippen LogP contribution in [0.25, 0.3) is 0 Å². The number of amides is 3. The molecule has 3 rings (SSSR count). The van der Waals surface area contributed by atoms with Gasteiger partial charge in [-0.2, -0.15) is 13.2 Å². The number of benzene rings is 2. The summed E-state index contributed by atoms with van der Waals surface area (Å²) in [6.45, 7) is -0.0762. The maximum atomic E-state index is 13.0. The Morgan fingerprint density at radius 2 is 1.86 bits per heavy atom. The topological polar surface area (TPSA) is 117 Å². The second kappa shape index (κ2) is 11.8. The molecule has 2 aromatic rings. The van der Waals surface area contributed by atoms with E-state index in [1.165, 1.54) is 48.4 Å². The van der Waals surface area contributed by atoms with Gasteiger partial charge in [-0.25, -0.2) is 9.59 Å². The number of nitrogens with one attached hydrogen (secondary N) is 2. The number of urea groups is 1. The fourth-order valence-electron chi connectivity index (χ4n) is 3.60. The summed E-state index contributed by atoms with van der Waals surface area (Å²) in [5, 5.41) is 15.6. The molecule has 0 bridgehead atoms. The summed E-state index contributed by atoms with van der Waals surface area (Å²) in [5.41, 5.74) is -0.648. The van der Waals surface area contributed by atoms with Crippen LogP contribution >= 0.6 is 0 Å². The number of hydrogen-bond acceptors (Lipinski definition) is 6. The number of esters is 1. The lowest BCUT2D eigenvalue weighted by Gasteiger charge is -2.27. The summed E-state index contributed by atoms with van der Waals surface area (Å²) in [4.78, 5) is 38.0. The number of carbonyl (C=O) groups excluding carboxylic acids is 3. The smallest absolute Gasteiger partial charge is 0.416 e. The summed E-state index contributed by atoms with van der Waals surface area (Å²) >= 11 is 0. The van der Waals surface area contributed by atoms with E-state index >= 15 is 0 Å². The molecule has 1 heterocycles. The van der Waals surface area contributed by atoms with E-state index in [0.717, 1.165) is 12.1 Å². The van der Waals surface area contributed by atoms with Crippen molar-refractivity contribution in [2.75, 3.05) is 32.1 Å². The van der Waals surface area contributed by atoms with Gasteiger partial charge in [-0.05, 0) is 55.3 Å². The van der Waals surface area contributed by atoms with E-state index in [9.17, 15) is 32.7 Å². The molecule has 1 fully saturated rings. The van der Waals surface area contributed by atoms with Gasteiger partial charge in [0.25, 0.3) is 5.91 Å². The zero-order chi connectivity index (χ0) is 26.3. The number of methoxy groups -OCH3 is 1. The fraction of sp³-hybridized carbons (Fsp3) is 0.375. The van der Waals surface area contributed by atoms with Crippen LogP contribution in [-0.2, 0) is 15.7 Å². The van der Waals surface area contributed by atoms with Crippen molar-refractivity contribution in [3.8, 4) is 5.75 Å². The molecule has 3 N–H and O–H groups in total. The molecule has 12 heteroatoms. The Bertz CT molecular complexity index is 1080. The van der Waals surface area contributed by atoms with E-state index in [2.05, 4.69) is 15.4 Å². The molecule has 1 aliphatic rings. The molecule has 3 amide bonds. The van der Waals surface area contributed by atoms with Crippen molar-refractivity contribution in [3.63, 3.8) is 0 Å². The van der Waals surface area contributed by atoms with E-state index < -0.39 is 41.8 Å². The summed E-state index contributed by atoms with van der Waals surface area (Å²) in [6.07, 6.45) is -4.72. The summed E-state index contributed by atoms with van der Waals surface area (Å²) in [6, 6.07) is 8.77. The van der Waals surface area contributed by atoms with Crippen molar-refractivity contribution < 1.29 is 42.1 Å². The van der Waals surface area contributed by atoms with Gasteiger partial charge < -0.3 is 30.1 Å². The van der Waals surface area contributed by atoms with Crippen molar-refractivity contribution in [2.24, 2.45) is 0 Å². The Hall–Kier alpha value is -3.80. The zero-order valence-electron chi connectivity index (χ0n) is 19.4. The van der Waals surface area contributed by atoms with Crippen molar-refractivity contribution in [1.82, 2.24) is 10.2 Å². The van der Waals surface area contributed by atoms with E-state index in [4.69, 9.17) is 4.74 Å². The second-order valence-corrected chi connectivity index (χ2v) is 8.13. The number of aliphatic hydroxyl groups is 1. The van der Waals surface area contributed by atoms with Crippen LogP contribution in [0.5, 0.6) is 5.75 Å². The Labute approximate surface area is 205 Å². The Morgan fingerprint density at radius 1 is 1.14 bits per heavy atom. The van der Waals surface area contributed by atoms with Crippen molar-refractivity contribution in [2.45, 2.75) is 31.2 Å². The number of hydrogen-bond donors (Lipinski definition) is 3. The number of ether oxygens (including phenoxy) is 2. The normalized spacial score (nSPS) is 18.1. The third-order valence-corrected chi connectivity index (χ3v) is 5.56. The highest BCUT2D eigenvalue weighted by atomic mass is 19.4. The quantitative estimate of drug-likeness (QED) is 0.516. The highest BCUT2D eigenvalue weighted by Crippen LogP contribution is 2.30. The van der Waals surface area contributed by atoms with Crippen LogP contribution in [0.2, 0.25) is 0 Å². The first-order chi connectivity index (χ1) is 17.1. The standard InChI is InChI=1S/C24H26F3N3O6/c1-35-21(32)14-36-18-9-7-15(8-10-18)22(33)29-19-13-30(11-3-6-20(19)31)23(34)28-17-5-2-4-16(12-17)24(25,26)27/h2,4-5,7-10,12,19-20,31H,3,6,11,13-14H2,1H3,(H,28,34)(H,29,33)/t19-,20+/m0/s1. The van der Waals surface area contributed by atoms with Crippen LogP contribution in [0.4, 0.5) is 23.7 Å². The van der Waals surface area contributed by atoms with Gasteiger partial charge >= 0.3 is 18.2 Å². The number of alkyl halides is 3. The molecule has 1 saturated heterocycles. The lowest BCUT2D eigenvalue weighted by molar-refractivity contribution is -0.143. The molecule has 2 atom stereocenters. The number of nitrogens with zero attached hydrogens (tertiary/aromatic N) is 1. The van der Waals surface area contributed by atoms with Gasteiger partial charge in [0.05, 0.1) is 24.8 Å². The molecule has 0 radical (unpaired) electrons. The van der Waals surface area contributed by atoms with Crippen molar-refractivity contribution >= 4 is 23.6 Å². The Balaban J connectivity index is 1.62. The number of anilines is 1. The third-order valence-electron chi connectivity index (χ3n) is 5.56. The van der Waals surface area contributed by atoms with E-state index in [0.29, 0.717) is 18.6 Å². The lowest BCUT2D eigenvalue weighted by Crippen LogP contribution is -2.50. The van der Waals surface area contributed by atoms with Gasteiger partial charge in [0.15, 0.2) is 6.61 Å². The number of aliphatic hydroxyl groups excluding tert-OH is 1. The van der Waals surface area contributed by atoms with E-state index in [-0.39, 0.29) is 30.9 Å². The fourth-order valence-corrected chi connectivity index (χ4v) is 3.60. The van der Waals surface area contributed by atoms with Crippen LogP contribution < -0.4 is 15.4 Å². The molecule has 0 unspecified atom stereocenters. The minimum atomic E-state index is -4.55. The van der Waals surface area contributed by atoms with Crippen molar-refractivity contribution in [1.29, 1.82) is 0 Å². The van der Waals surface area contributed by atoms with Gasteiger partial charge in [0, 0.05) is 24.3 Å². The van der Waals surface area contributed by atoms with Gasteiger partial charge in [-0.3, -0.25) is 4.79 Å². The molecule has 194 valence electrons. The van der Waals surface area contributed by atoms with Crippen LogP contribution in [-0.4, -0.2) is 66.9 Å². The molecule has 36 heavy (non-hydrogen) atoms. The number of rotatable bonds is 6.